The number of nitrogens with zero attached hydrogens (tertiary/aromatic N) is 4. The molecular formula is C22H24N4O. The summed E-state index contributed by atoms with van der Waals surface area (Å²) in [7, 11) is 2.01. The largest absolute Gasteiger partial charge is 0.342 e. The van der Waals surface area contributed by atoms with E-state index in [2.05, 4.69) is 29.2 Å². The Bertz CT molecular complexity index is 918. The average Bonchev–Trinajstić information content (AvgIpc) is 2.88. The highest BCUT2D eigenvalue weighted by Crippen LogP contribution is 2.28. The number of hydrogen-bond donors (Lipinski definition) is 0. The lowest BCUT2D eigenvalue weighted by atomic mass is 10.0. The number of fused-ring (bicyclic) bond motifs is 1. The summed E-state index contributed by atoms with van der Waals surface area (Å²) in [6.07, 6.45) is 6.53. The van der Waals surface area contributed by atoms with Gasteiger partial charge in [-0.3, -0.25) is 14.5 Å². The number of rotatable bonds is 4. The van der Waals surface area contributed by atoms with Gasteiger partial charge in [0.25, 0.3) is 0 Å². The van der Waals surface area contributed by atoms with Gasteiger partial charge in [0.2, 0.25) is 5.91 Å². The lowest BCUT2D eigenvalue weighted by Crippen LogP contribution is -2.33. The van der Waals surface area contributed by atoms with Gasteiger partial charge in [-0.25, -0.2) is 0 Å². The molecule has 0 unspecified atom stereocenters. The number of hydrogen-bond acceptors (Lipinski definition) is 3. The zero-order valence-electron chi connectivity index (χ0n) is 15.6. The van der Waals surface area contributed by atoms with E-state index in [1.165, 1.54) is 16.8 Å². The van der Waals surface area contributed by atoms with Crippen molar-refractivity contribution in [3.63, 3.8) is 0 Å². The fourth-order valence-corrected chi connectivity index (χ4v) is 3.85. The maximum Gasteiger partial charge on any atom is 0.222 e. The van der Waals surface area contributed by atoms with Gasteiger partial charge < -0.3 is 4.90 Å². The molecule has 1 amide bonds. The van der Waals surface area contributed by atoms with Crippen LogP contribution in [0.1, 0.15) is 23.2 Å². The Morgan fingerprint density at radius 1 is 1.04 bits per heavy atom. The molecule has 0 bridgehead atoms. The Balaban J connectivity index is 1.46. The topological polar surface area (TPSA) is 51.0 Å². The summed E-state index contributed by atoms with van der Waals surface area (Å²) in [5.41, 5.74) is 5.93. The fraction of sp³-hybridized carbons (Fsp3) is 0.318. The van der Waals surface area contributed by atoms with Crippen molar-refractivity contribution < 1.29 is 4.79 Å². The molecule has 5 nitrogen and oxygen atoms in total. The van der Waals surface area contributed by atoms with Gasteiger partial charge in [0.15, 0.2) is 0 Å². The molecule has 0 atom stereocenters. The maximum absolute atomic E-state index is 12.7. The van der Waals surface area contributed by atoms with Gasteiger partial charge in [0, 0.05) is 56.5 Å². The molecule has 27 heavy (non-hydrogen) atoms. The van der Waals surface area contributed by atoms with E-state index >= 15 is 0 Å². The number of aryl methyl sites for hydroxylation is 2. The van der Waals surface area contributed by atoms with Gasteiger partial charge in [0.05, 0.1) is 11.4 Å². The van der Waals surface area contributed by atoms with Crippen LogP contribution in [-0.4, -0.2) is 38.7 Å². The summed E-state index contributed by atoms with van der Waals surface area (Å²) in [5.74, 6) is 0.225. The van der Waals surface area contributed by atoms with E-state index in [-0.39, 0.29) is 5.91 Å². The predicted molar refractivity (Wildman–Crippen MR) is 105 cm³/mol. The zero-order chi connectivity index (χ0) is 18.6. The van der Waals surface area contributed by atoms with E-state index in [9.17, 15) is 4.79 Å². The van der Waals surface area contributed by atoms with Crippen LogP contribution in [0.5, 0.6) is 0 Å². The van der Waals surface area contributed by atoms with Crippen LogP contribution in [0.15, 0.2) is 54.9 Å². The fourth-order valence-electron chi connectivity index (χ4n) is 3.85. The normalized spacial score (nSPS) is 13.9. The van der Waals surface area contributed by atoms with Gasteiger partial charge in [-0.15, -0.1) is 0 Å². The Hall–Kier alpha value is -2.95. The van der Waals surface area contributed by atoms with Crippen LogP contribution in [-0.2, 0) is 31.1 Å². The number of pyridine rings is 1. The third-order valence-corrected chi connectivity index (χ3v) is 5.26. The number of carbonyl (C=O) groups is 1. The van der Waals surface area contributed by atoms with E-state index in [4.69, 9.17) is 5.10 Å². The van der Waals surface area contributed by atoms with Gasteiger partial charge in [-0.2, -0.15) is 5.10 Å². The van der Waals surface area contributed by atoms with Crippen LogP contribution in [0, 0.1) is 0 Å². The SMILES string of the molecule is Cn1nc2c(c1-c1ccccc1)CCN(C(=O)CCc1ccncc1)CC2. The molecule has 0 saturated heterocycles. The number of aromatic nitrogens is 3. The quantitative estimate of drug-likeness (QED) is 0.719. The van der Waals surface area contributed by atoms with Crippen molar-refractivity contribution in [1.29, 1.82) is 0 Å². The Kier molecular flexibility index (Phi) is 5.01. The third kappa shape index (κ3) is 3.77. The van der Waals surface area contributed by atoms with Crippen molar-refractivity contribution in [3.05, 3.63) is 71.7 Å². The highest BCUT2D eigenvalue weighted by atomic mass is 16.2. The van der Waals surface area contributed by atoms with Gasteiger partial charge >= 0.3 is 0 Å². The first-order valence-corrected chi connectivity index (χ1v) is 9.49. The average molecular weight is 360 g/mol. The van der Waals surface area contributed by atoms with Crippen molar-refractivity contribution in [3.8, 4) is 11.3 Å². The van der Waals surface area contributed by atoms with Crippen LogP contribution in [0.3, 0.4) is 0 Å². The highest BCUT2D eigenvalue weighted by Gasteiger charge is 2.24. The maximum atomic E-state index is 12.7. The molecule has 1 aliphatic heterocycles. The smallest absolute Gasteiger partial charge is 0.222 e. The summed E-state index contributed by atoms with van der Waals surface area (Å²) >= 11 is 0. The van der Waals surface area contributed by atoms with Crippen molar-refractivity contribution >= 4 is 5.91 Å². The lowest BCUT2D eigenvalue weighted by Gasteiger charge is -2.20. The second kappa shape index (κ2) is 7.74. The Morgan fingerprint density at radius 2 is 1.78 bits per heavy atom. The molecule has 3 aromatic rings. The van der Waals surface area contributed by atoms with Gasteiger partial charge in [0.1, 0.15) is 0 Å². The first-order chi connectivity index (χ1) is 13.2. The summed E-state index contributed by atoms with van der Waals surface area (Å²) in [6.45, 7) is 1.50. The van der Waals surface area contributed by atoms with Crippen molar-refractivity contribution in [2.75, 3.05) is 13.1 Å². The number of benzene rings is 1. The molecule has 3 heterocycles. The molecule has 5 heteroatoms. The van der Waals surface area contributed by atoms with Crippen LogP contribution in [0.4, 0.5) is 0 Å². The molecular weight excluding hydrogens is 336 g/mol. The minimum atomic E-state index is 0.225. The van der Waals surface area contributed by atoms with E-state index < -0.39 is 0 Å². The molecule has 1 aromatic carbocycles. The molecule has 0 saturated carbocycles. The summed E-state index contributed by atoms with van der Waals surface area (Å²) < 4.78 is 1.99. The van der Waals surface area contributed by atoms with E-state index in [0.29, 0.717) is 6.42 Å². The molecule has 0 radical (unpaired) electrons. The second-order valence-corrected chi connectivity index (χ2v) is 7.00. The summed E-state index contributed by atoms with van der Waals surface area (Å²) in [4.78, 5) is 18.7. The molecule has 0 fully saturated rings. The lowest BCUT2D eigenvalue weighted by molar-refractivity contribution is -0.131. The van der Waals surface area contributed by atoms with Crippen molar-refractivity contribution in [1.82, 2.24) is 19.7 Å². The Labute approximate surface area is 159 Å². The van der Waals surface area contributed by atoms with E-state index in [0.717, 1.165) is 43.6 Å². The first-order valence-electron chi connectivity index (χ1n) is 9.49. The van der Waals surface area contributed by atoms with Crippen LogP contribution < -0.4 is 0 Å². The molecule has 138 valence electrons. The summed E-state index contributed by atoms with van der Waals surface area (Å²) in [6, 6.07) is 14.3. The van der Waals surface area contributed by atoms with Crippen molar-refractivity contribution in [2.24, 2.45) is 7.05 Å². The monoisotopic (exact) mass is 360 g/mol. The summed E-state index contributed by atoms with van der Waals surface area (Å²) in [5, 5.41) is 4.75. The van der Waals surface area contributed by atoms with Crippen molar-refractivity contribution in [2.45, 2.75) is 25.7 Å². The molecule has 0 N–H and O–H groups in total. The Morgan fingerprint density at radius 3 is 2.56 bits per heavy atom. The van der Waals surface area contributed by atoms with Crippen LogP contribution >= 0.6 is 0 Å². The standard InChI is InChI=1S/C22H24N4O/c1-25-22(18-5-3-2-4-6-18)19-11-15-26(16-12-20(19)24-25)21(27)8-7-17-9-13-23-14-10-17/h2-6,9-10,13-14H,7-8,11-12,15-16H2,1H3. The van der Waals surface area contributed by atoms with E-state index in [1.807, 2.05) is 34.8 Å². The minimum absolute atomic E-state index is 0.225. The minimum Gasteiger partial charge on any atom is -0.342 e. The second-order valence-electron chi connectivity index (χ2n) is 7.00. The number of amides is 1. The molecule has 0 aliphatic carbocycles. The van der Waals surface area contributed by atoms with Crippen LogP contribution in [0.2, 0.25) is 0 Å². The zero-order valence-corrected chi connectivity index (χ0v) is 15.6. The molecule has 4 rings (SSSR count). The molecule has 0 spiro atoms. The third-order valence-electron chi connectivity index (χ3n) is 5.26. The first kappa shape index (κ1) is 17.5. The van der Waals surface area contributed by atoms with Crippen LogP contribution in [0.25, 0.3) is 11.3 Å². The molecule has 2 aromatic heterocycles. The van der Waals surface area contributed by atoms with E-state index in [1.54, 1.807) is 12.4 Å². The highest BCUT2D eigenvalue weighted by molar-refractivity contribution is 5.76. The van der Waals surface area contributed by atoms with Gasteiger partial charge in [-0.05, 0) is 30.5 Å². The number of carbonyl (C=O) groups excluding carboxylic acids is 1. The van der Waals surface area contributed by atoms with Gasteiger partial charge in [-0.1, -0.05) is 30.3 Å². The predicted octanol–water partition coefficient (Wildman–Crippen LogP) is 3.04. The molecule has 1 aliphatic rings.